The Labute approximate surface area is 107 Å². The van der Waals surface area contributed by atoms with Gasteiger partial charge in [-0.25, -0.2) is 9.52 Å². The Morgan fingerprint density at radius 2 is 2.33 bits per heavy atom. The van der Waals surface area contributed by atoms with E-state index in [1.807, 2.05) is 0 Å². The van der Waals surface area contributed by atoms with Crippen LogP contribution in [0.5, 0.6) is 0 Å². The summed E-state index contributed by atoms with van der Waals surface area (Å²) in [5.74, 6) is 0. The standard InChI is InChI=1S/C10H19N3O4S/c1-2-17-10(14)13-18(15,16)12-8-5-9-3-6-11-7-4-9/h3,11-12H,2,4-8H2,1H3,(H,13,14). The predicted molar refractivity (Wildman–Crippen MR) is 67.3 cm³/mol. The van der Waals surface area contributed by atoms with Crippen molar-refractivity contribution >= 4 is 16.3 Å². The van der Waals surface area contributed by atoms with Gasteiger partial charge < -0.3 is 10.1 Å². The third-order valence-electron chi connectivity index (χ3n) is 2.39. The average molecular weight is 277 g/mol. The zero-order valence-corrected chi connectivity index (χ0v) is 11.2. The van der Waals surface area contributed by atoms with E-state index in [2.05, 4.69) is 20.9 Å². The first-order valence-corrected chi connectivity index (χ1v) is 7.34. The summed E-state index contributed by atoms with van der Waals surface area (Å²) in [6, 6.07) is 0. The van der Waals surface area contributed by atoms with E-state index in [9.17, 15) is 13.2 Å². The molecule has 0 aromatic carbocycles. The molecule has 7 nitrogen and oxygen atoms in total. The van der Waals surface area contributed by atoms with Gasteiger partial charge >= 0.3 is 16.3 Å². The minimum absolute atomic E-state index is 0.126. The molecule has 1 aliphatic heterocycles. The van der Waals surface area contributed by atoms with Crippen molar-refractivity contribution in [1.29, 1.82) is 0 Å². The third kappa shape index (κ3) is 5.99. The van der Waals surface area contributed by atoms with Gasteiger partial charge in [-0.1, -0.05) is 11.6 Å². The van der Waals surface area contributed by atoms with Crippen LogP contribution in [0.3, 0.4) is 0 Å². The van der Waals surface area contributed by atoms with Gasteiger partial charge in [0.15, 0.2) is 0 Å². The van der Waals surface area contributed by atoms with Crippen LogP contribution in [-0.2, 0) is 14.9 Å². The third-order valence-corrected chi connectivity index (χ3v) is 3.41. The molecule has 8 heteroatoms. The van der Waals surface area contributed by atoms with Crippen molar-refractivity contribution in [3.05, 3.63) is 11.6 Å². The van der Waals surface area contributed by atoms with Crippen molar-refractivity contribution in [3.63, 3.8) is 0 Å². The fraction of sp³-hybridized carbons (Fsp3) is 0.700. The van der Waals surface area contributed by atoms with Crippen LogP contribution in [0.1, 0.15) is 19.8 Å². The van der Waals surface area contributed by atoms with Crippen LogP contribution >= 0.6 is 0 Å². The number of carbonyl (C=O) groups is 1. The summed E-state index contributed by atoms with van der Waals surface area (Å²) in [4.78, 5) is 11.0. The van der Waals surface area contributed by atoms with E-state index in [-0.39, 0.29) is 13.2 Å². The van der Waals surface area contributed by atoms with Crippen molar-refractivity contribution in [1.82, 2.24) is 14.8 Å². The number of amides is 1. The number of ether oxygens (including phenoxy) is 1. The minimum Gasteiger partial charge on any atom is -0.449 e. The van der Waals surface area contributed by atoms with E-state index in [4.69, 9.17) is 0 Å². The van der Waals surface area contributed by atoms with Gasteiger partial charge in [0.2, 0.25) is 0 Å². The molecule has 0 saturated heterocycles. The molecule has 1 rings (SSSR count). The monoisotopic (exact) mass is 277 g/mol. The Kier molecular flexibility index (Phi) is 6.10. The van der Waals surface area contributed by atoms with Crippen molar-refractivity contribution in [2.24, 2.45) is 0 Å². The van der Waals surface area contributed by atoms with Gasteiger partial charge in [-0.2, -0.15) is 13.1 Å². The van der Waals surface area contributed by atoms with E-state index in [1.54, 1.807) is 11.6 Å². The highest BCUT2D eigenvalue weighted by Crippen LogP contribution is 2.07. The zero-order valence-electron chi connectivity index (χ0n) is 10.4. The summed E-state index contributed by atoms with van der Waals surface area (Å²) in [7, 11) is -3.82. The second-order valence-corrected chi connectivity index (χ2v) is 5.29. The summed E-state index contributed by atoms with van der Waals surface area (Å²) < 4.78 is 31.3. The van der Waals surface area contributed by atoms with Crippen LogP contribution in [0.4, 0.5) is 4.79 Å². The van der Waals surface area contributed by atoms with Crippen LogP contribution < -0.4 is 14.8 Å². The van der Waals surface area contributed by atoms with E-state index >= 15 is 0 Å². The number of carbonyl (C=O) groups excluding carboxylic acids is 1. The molecule has 3 N–H and O–H groups in total. The number of rotatable bonds is 6. The van der Waals surface area contributed by atoms with Crippen molar-refractivity contribution in [2.75, 3.05) is 26.2 Å². The lowest BCUT2D eigenvalue weighted by molar-refractivity contribution is 0.158. The molecule has 1 aliphatic rings. The molecule has 0 bridgehead atoms. The summed E-state index contributed by atoms with van der Waals surface area (Å²) in [5, 5.41) is 3.17. The van der Waals surface area contributed by atoms with Crippen molar-refractivity contribution < 1.29 is 17.9 Å². The molecule has 0 radical (unpaired) electrons. The number of hydrogen-bond acceptors (Lipinski definition) is 5. The van der Waals surface area contributed by atoms with E-state index < -0.39 is 16.3 Å². The molecular weight excluding hydrogens is 258 g/mol. The van der Waals surface area contributed by atoms with E-state index in [1.165, 1.54) is 5.57 Å². The molecule has 0 spiro atoms. The fourth-order valence-electron chi connectivity index (χ4n) is 1.55. The van der Waals surface area contributed by atoms with Crippen molar-refractivity contribution in [2.45, 2.75) is 19.8 Å². The smallest absolute Gasteiger partial charge is 0.421 e. The molecule has 0 atom stereocenters. The summed E-state index contributed by atoms with van der Waals surface area (Å²) in [5.41, 5.74) is 1.22. The van der Waals surface area contributed by atoms with Gasteiger partial charge in [-0.05, 0) is 26.3 Å². The Hall–Kier alpha value is -1.12. The van der Waals surface area contributed by atoms with Gasteiger partial charge in [-0.15, -0.1) is 0 Å². The maximum absolute atomic E-state index is 11.4. The van der Waals surface area contributed by atoms with Crippen LogP contribution in [0.2, 0.25) is 0 Å². The highest BCUT2D eigenvalue weighted by Gasteiger charge is 2.14. The Balaban J connectivity index is 2.28. The second-order valence-electron chi connectivity index (χ2n) is 3.79. The number of nitrogens with one attached hydrogen (secondary N) is 3. The highest BCUT2D eigenvalue weighted by atomic mass is 32.2. The molecule has 0 aromatic heterocycles. The minimum atomic E-state index is -3.82. The van der Waals surface area contributed by atoms with Crippen LogP contribution in [0.25, 0.3) is 0 Å². The van der Waals surface area contributed by atoms with Gasteiger partial charge in [0.25, 0.3) is 0 Å². The summed E-state index contributed by atoms with van der Waals surface area (Å²) in [6.07, 6.45) is 2.65. The fourth-order valence-corrected chi connectivity index (χ4v) is 2.27. The summed E-state index contributed by atoms with van der Waals surface area (Å²) in [6.45, 7) is 3.73. The summed E-state index contributed by atoms with van der Waals surface area (Å²) >= 11 is 0. The molecule has 0 aromatic rings. The molecule has 1 amide bonds. The lowest BCUT2D eigenvalue weighted by Crippen LogP contribution is -2.41. The number of hydrogen-bond donors (Lipinski definition) is 3. The molecule has 0 saturated carbocycles. The van der Waals surface area contributed by atoms with Crippen molar-refractivity contribution in [3.8, 4) is 0 Å². The quantitative estimate of drug-likeness (QED) is 0.588. The molecular formula is C10H19N3O4S. The maximum Gasteiger partial charge on any atom is 0.421 e. The topological polar surface area (TPSA) is 96.5 Å². The molecule has 18 heavy (non-hydrogen) atoms. The normalized spacial score (nSPS) is 15.9. The zero-order chi connectivity index (χ0) is 13.4. The highest BCUT2D eigenvalue weighted by molar-refractivity contribution is 7.88. The largest absolute Gasteiger partial charge is 0.449 e. The van der Waals surface area contributed by atoms with Gasteiger partial charge in [0, 0.05) is 13.1 Å². The Morgan fingerprint density at radius 1 is 1.56 bits per heavy atom. The maximum atomic E-state index is 11.4. The van der Waals surface area contributed by atoms with E-state index in [0.29, 0.717) is 6.42 Å². The first-order chi connectivity index (χ1) is 8.53. The molecule has 1 heterocycles. The van der Waals surface area contributed by atoms with E-state index in [0.717, 1.165) is 19.5 Å². The van der Waals surface area contributed by atoms with Crippen LogP contribution in [0.15, 0.2) is 11.6 Å². The Bertz CT molecular complexity index is 405. The Morgan fingerprint density at radius 3 is 2.94 bits per heavy atom. The molecule has 0 unspecified atom stereocenters. The first-order valence-electron chi connectivity index (χ1n) is 5.86. The SMILES string of the molecule is CCOC(=O)NS(=O)(=O)NCCC1=CCNCC1. The average Bonchev–Trinajstić information content (AvgIpc) is 2.29. The lowest BCUT2D eigenvalue weighted by atomic mass is 10.1. The second kappa shape index (κ2) is 7.34. The molecule has 0 fully saturated rings. The van der Waals surface area contributed by atoms with Gasteiger partial charge in [0.1, 0.15) is 0 Å². The first kappa shape index (κ1) is 14.9. The van der Waals surface area contributed by atoms with Gasteiger partial charge in [0.05, 0.1) is 6.61 Å². The molecule has 104 valence electrons. The van der Waals surface area contributed by atoms with Crippen LogP contribution in [0, 0.1) is 0 Å². The van der Waals surface area contributed by atoms with Crippen LogP contribution in [-0.4, -0.2) is 40.8 Å². The predicted octanol–water partition coefficient (Wildman–Crippen LogP) is -0.123. The molecule has 0 aliphatic carbocycles. The van der Waals surface area contributed by atoms with Gasteiger partial charge in [-0.3, -0.25) is 0 Å². The lowest BCUT2D eigenvalue weighted by Gasteiger charge is -2.14.